The normalized spacial score (nSPS) is 14.1. The zero-order valence-electron chi connectivity index (χ0n) is 9.24. The van der Waals surface area contributed by atoms with E-state index in [9.17, 15) is 9.90 Å². The minimum Gasteiger partial charge on any atom is -0.481 e. The van der Waals surface area contributed by atoms with E-state index in [0.717, 1.165) is 5.56 Å². The molecule has 0 aromatic heterocycles. The van der Waals surface area contributed by atoms with Gasteiger partial charge in [0.15, 0.2) is 0 Å². The maximum absolute atomic E-state index is 11.3. The van der Waals surface area contributed by atoms with Gasteiger partial charge in [0.2, 0.25) is 0 Å². The summed E-state index contributed by atoms with van der Waals surface area (Å²) in [6.45, 7) is 5.26. The van der Waals surface area contributed by atoms with Crippen molar-refractivity contribution in [2.24, 2.45) is 5.41 Å². The molecule has 0 saturated heterocycles. The van der Waals surface area contributed by atoms with Gasteiger partial charge in [0.05, 0.1) is 5.41 Å². The fourth-order valence-corrected chi connectivity index (χ4v) is 1.98. The molecule has 0 aliphatic heterocycles. The Morgan fingerprint density at radius 2 is 2.00 bits per heavy atom. The highest BCUT2D eigenvalue weighted by Crippen LogP contribution is 2.31. The Hall–Kier alpha value is -1.28. The number of carboxylic acid groups (broad SMARTS) is 1. The average molecular weight is 239 g/mol. The van der Waals surface area contributed by atoms with Crippen molar-refractivity contribution in [1.82, 2.24) is 0 Å². The lowest BCUT2D eigenvalue weighted by Crippen LogP contribution is -2.30. The number of hydrogen-bond acceptors (Lipinski definition) is 1. The third-order valence-electron chi connectivity index (χ3n) is 2.54. The van der Waals surface area contributed by atoms with E-state index in [0.29, 0.717) is 11.5 Å². The van der Waals surface area contributed by atoms with Crippen molar-refractivity contribution in [3.05, 3.63) is 47.5 Å². The highest BCUT2D eigenvalue weighted by molar-refractivity contribution is 6.29. The summed E-state index contributed by atoms with van der Waals surface area (Å²) < 4.78 is 0. The molecule has 86 valence electrons. The molecule has 2 nitrogen and oxygen atoms in total. The van der Waals surface area contributed by atoms with Crippen molar-refractivity contribution >= 4 is 17.6 Å². The molecule has 1 rings (SSSR count). The second-order valence-electron chi connectivity index (χ2n) is 4.22. The van der Waals surface area contributed by atoms with E-state index in [1.807, 2.05) is 30.3 Å². The lowest BCUT2D eigenvalue weighted by molar-refractivity contribution is -0.147. The van der Waals surface area contributed by atoms with E-state index >= 15 is 0 Å². The van der Waals surface area contributed by atoms with Crippen LogP contribution in [0.15, 0.2) is 41.9 Å². The molecule has 0 aliphatic rings. The molecule has 0 unspecified atom stereocenters. The van der Waals surface area contributed by atoms with E-state index in [-0.39, 0.29) is 6.42 Å². The van der Waals surface area contributed by atoms with Crippen molar-refractivity contribution in [2.75, 3.05) is 0 Å². The fraction of sp³-hybridized carbons (Fsp3) is 0.308. The van der Waals surface area contributed by atoms with Gasteiger partial charge in [0.25, 0.3) is 0 Å². The Morgan fingerprint density at radius 1 is 1.44 bits per heavy atom. The van der Waals surface area contributed by atoms with Crippen LogP contribution in [0.5, 0.6) is 0 Å². The highest BCUT2D eigenvalue weighted by atomic mass is 35.5. The van der Waals surface area contributed by atoms with Gasteiger partial charge in [-0.25, -0.2) is 0 Å². The monoisotopic (exact) mass is 238 g/mol. The van der Waals surface area contributed by atoms with Crippen molar-refractivity contribution in [1.29, 1.82) is 0 Å². The first-order valence-corrected chi connectivity index (χ1v) is 5.42. The molecule has 0 fully saturated rings. The molecular weight excluding hydrogens is 224 g/mol. The second-order valence-corrected chi connectivity index (χ2v) is 4.76. The third-order valence-corrected chi connectivity index (χ3v) is 2.67. The number of hydrogen-bond donors (Lipinski definition) is 1. The molecule has 0 aliphatic carbocycles. The third kappa shape index (κ3) is 3.38. The molecule has 1 atom stereocenters. The number of aliphatic carboxylic acids is 1. The Balaban J connectivity index is 2.87. The summed E-state index contributed by atoms with van der Waals surface area (Å²) in [6, 6.07) is 9.53. The van der Waals surface area contributed by atoms with Crippen LogP contribution < -0.4 is 0 Å². The maximum Gasteiger partial charge on any atom is 0.310 e. The largest absolute Gasteiger partial charge is 0.481 e. The van der Waals surface area contributed by atoms with Crippen molar-refractivity contribution in [2.45, 2.75) is 19.8 Å². The second kappa shape index (κ2) is 5.17. The first-order chi connectivity index (χ1) is 7.44. The molecule has 1 aromatic rings. The molecule has 0 amide bonds. The molecular formula is C13H15ClO2. The smallest absolute Gasteiger partial charge is 0.310 e. The van der Waals surface area contributed by atoms with Gasteiger partial charge in [0, 0.05) is 5.03 Å². The van der Waals surface area contributed by atoms with E-state index in [2.05, 4.69) is 6.58 Å². The number of carbonyl (C=O) groups is 1. The number of halogens is 1. The van der Waals surface area contributed by atoms with Crippen LogP contribution in [0.2, 0.25) is 0 Å². The average Bonchev–Trinajstić information content (AvgIpc) is 2.17. The first kappa shape index (κ1) is 12.8. The minimum atomic E-state index is -0.889. The van der Waals surface area contributed by atoms with E-state index in [1.54, 1.807) is 6.92 Å². The summed E-state index contributed by atoms with van der Waals surface area (Å²) in [5, 5.41) is 9.62. The summed E-state index contributed by atoms with van der Waals surface area (Å²) in [5.74, 6) is -0.849. The SMILES string of the molecule is C=C(Cl)C[C@@](C)(Cc1ccccc1)C(=O)O. The van der Waals surface area contributed by atoms with E-state index < -0.39 is 11.4 Å². The lowest BCUT2D eigenvalue weighted by atomic mass is 9.80. The molecule has 16 heavy (non-hydrogen) atoms. The van der Waals surface area contributed by atoms with Gasteiger partial charge in [-0.3, -0.25) is 4.79 Å². The van der Waals surface area contributed by atoms with Crippen LogP contribution in [0.4, 0.5) is 0 Å². The molecule has 0 spiro atoms. The highest BCUT2D eigenvalue weighted by Gasteiger charge is 2.33. The maximum atomic E-state index is 11.3. The molecule has 1 aromatic carbocycles. The summed E-state index contributed by atoms with van der Waals surface area (Å²) in [7, 11) is 0. The van der Waals surface area contributed by atoms with Crippen LogP contribution in [-0.4, -0.2) is 11.1 Å². The number of benzene rings is 1. The predicted octanol–water partition coefficient (Wildman–Crippen LogP) is 3.46. The Kier molecular flexibility index (Phi) is 4.13. The lowest BCUT2D eigenvalue weighted by Gasteiger charge is -2.24. The van der Waals surface area contributed by atoms with Gasteiger partial charge in [-0.05, 0) is 25.3 Å². The Morgan fingerprint density at radius 3 is 2.44 bits per heavy atom. The van der Waals surface area contributed by atoms with Gasteiger partial charge in [-0.2, -0.15) is 0 Å². The summed E-state index contributed by atoms with van der Waals surface area (Å²) in [5.41, 5.74) is 0.102. The number of carboxylic acids is 1. The molecule has 3 heteroatoms. The van der Waals surface area contributed by atoms with Crippen LogP contribution in [0.1, 0.15) is 18.9 Å². The number of allylic oxidation sites excluding steroid dienone is 1. The van der Waals surface area contributed by atoms with Gasteiger partial charge in [-0.1, -0.05) is 48.5 Å². The van der Waals surface area contributed by atoms with Gasteiger partial charge >= 0.3 is 5.97 Å². The molecule has 0 bridgehead atoms. The van der Waals surface area contributed by atoms with Crippen LogP contribution >= 0.6 is 11.6 Å². The van der Waals surface area contributed by atoms with Crippen LogP contribution in [-0.2, 0) is 11.2 Å². The van der Waals surface area contributed by atoms with Crippen molar-refractivity contribution in [3.8, 4) is 0 Å². The fourth-order valence-electron chi connectivity index (χ4n) is 1.68. The number of rotatable bonds is 5. The van der Waals surface area contributed by atoms with Crippen LogP contribution in [0.25, 0.3) is 0 Å². The minimum absolute atomic E-state index is 0.277. The van der Waals surface area contributed by atoms with Crippen LogP contribution in [0.3, 0.4) is 0 Å². The molecule has 0 heterocycles. The molecule has 0 radical (unpaired) electrons. The van der Waals surface area contributed by atoms with Crippen molar-refractivity contribution < 1.29 is 9.90 Å². The van der Waals surface area contributed by atoms with Gasteiger partial charge < -0.3 is 5.11 Å². The van der Waals surface area contributed by atoms with Crippen molar-refractivity contribution in [3.63, 3.8) is 0 Å². The van der Waals surface area contributed by atoms with Crippen LogP contribution in [0, 0.1) is 5.41 Å². The molecule has 0 saturated carbocycles. The summed E-state index contributed by atoms with van der Waals surface area (Å²) in [4.78, 5) is 11.3. The van der Waals surface area contributed by atoms with Gasteiger partial charge in [-0.15, -0.1) is 0 Å². The topological polar surface area (TPSA) is 37.3 Å². The summed E-state index contributed by atoms with van der Waals surface area (Å²) >= 11 is 5.71. The zero-order chi connectivity index (χ0) is 12.2. The summed E-state index contributed by atoms with van der Waals surface area (Å²) in [6.07, 6.45) is 0.730. The van der Waals surface area contributed by atoms with E-state index in [1.165, 1.54) is 0 Å². The van der Waals surface area contributed by atoms with Gasteiger partial charge in [0.1, 0.15) is 0 Å². The zero-order valence-corrected chi connectivity index (χ0v) is 10.00. The van der Waals surface area contributed by atoms with E-state index in [4.69, 9.17) is 11.6 Å². The quantitative estimate of drug-likeness (QED) is 0.853. The standard InChI is InChI=1S/C13H15ClO2/c1-10(14)8-13(2,12(15)16)9-11-6-4-3-5-7-11/h3-7H,1,8-9H2,2H3,(H,15,16)/t13-/m0/s1. The Labute approximate surface area is 101 Å². The molecule has 1 N–H and O–H groups in total. The predicted molar refractivity (Wildman–Crippen MR) is 65.5 cm³/mol. The first-order valence-electron chi connectivity index (χ1n) is 5.05. The Bertz CT molecular complexity index is 386.